The summed E-state index contributed by atoms with van der Waals surface area (Å²) in [5.41, 5.74) is -1.89. The first-order valence-electron chi connectivity index (χ1n) is 8.39. The van der Waals surface area contributed by atoms with Gasteiger partial charge in [0.15, 0.2) is 17.1 Å². The van der Waals surface area contributed by atoms with Crippen molar-refractivity contribution in [2.24, 2.45) is 0 Å². The average Bonchev–Trinajstić information content (AvgIpc) is 2.88. The molecule has 0 unspecified atom stereocenters. The molecule has 5 N–H and O–H groups in total. The number of carboxylic acid groups (broad SMARTS) is 3. The monoisotopic (exact) mass is 413 g/mol. The van der Waals surface area contributed by atoms with Gasteiger partial charge in [-0.05, 0) is 19.9 Å². The molecule has 29 heavy (non-hydrogen) atoms. The largest absolute Gasteiger partial charge is 0.483 e. The Morgan fingerprint density at radius 1 is 1.14 bits per heavy atom. The van der Waals surface area contributed by atoms with Crippen LogP contribution in [0.1, 0.15) is 32.3 Å². The third-order valence-electron chi connectivity index (χ3n) is 3.75. The van der Waals surface area contributed by atoms with Crippen molar-refractivity contribution in [2.75, 3.05) is 7.05 Å². The predicted molar refractivity (Wildman–Crippen MR) is 97.0 cm³/mol. The maximum absolute atomic E-state index is 11.2. The zero-order valence-corrected chi connectivity index (χ0v) is 16.1. The molecular weight excluding hydrogens is 390 g/mol. The highest BCUT2D eigenvalue weighted by Crippen LogP contribution is 2.41. The molecule has 1 heterocycles. The topological polar surface area (TPSA) is 180 Å². The number of rotatable bonds is 6. The molecule has 1 amide bonds. The van der Waals surface area contributed by atoms with Crippen molar-refractivity contribution in [1.29, 1.82) is 0 Å². The molecule has 1 aromatic rings. The fourth-order valence-corrected chi connectivity index (χ4v) is 2.53. The Kier molecular flexibility index (Phi) is 7.55. The van der Waals surface area contributed by atoms with E-state index in [0.29, 0.717) is 11.5 Å². The Morgan fingerprint density at radius 2 is 1.69 bits per heavy atom. The molecule has 0 atom stereocenters. The quantitative estimate of drug-likeness (QED) is 0.449. The van der Waals surface area contributed by atoms with Crippen molar-refractivity contribution in [3.8, 4) is 11.5 Å². The van der Waals surface area contributed by atoms with Gasteiger partial charge in [-0.25, -0.2) is 9.59 Å². The van der Waals surface area contributed by atoms with Crippen LogP contribution in [-0.2, 0) is 20.8 Å². The van der Waals surface area contributed by atoms with Crippen LogP contribution < -0.4 is 14.8 Å². The third-order valence-corrected chi connectivity index (χ3v) is 3.75. The fourth-order valence-electron chi connectivity index (χ4n) is 2.53. The number of benzene rings is 1. The molecule has 1 aliphatic rings. The molecule has 2 rings (SSSR count). The standard InChI is InChI=1S/C12H15NO3.C6H8O7/c1-12(2)7-8-5-4-6-9(10(8)16-12)15-11(14)13-3;7-3(8)1-6(13,5(11)12)2-4(9)10/h4-6H,7H2,1-3H3,(H,13,14);13H,1-2H2,(H,7,8)(H,9,10)(H,11,12). The Labute approximate surface area is 165 Å². The Hall–Kier alpha value is -3.34. The lowest BCUT2D eigenvalue weighted by molar-refractivity contribution is -0.170. The van der Waals surface area contributed by atoms with Gasteiger partial charge in [0, 0.05) is 19.0 Å². The van der Waals surface area contributed by atoms with Gasteiger partial charge in [0.25, 0.3) is 0 Å². The molecule has 11 heteroatoms. The third kappa shape index (κ3) is 6.96. The van der Waals surface area contributed by atoms with E-state index in [4.69, 9.17) is 29.9 Å². The second-order valence-electron chi connectivity index (χ2n) is 6.90. The predicted octanol–water partition coefficient (Wildman–Crippen LogP) is 0.870. The molecule has 0 spiro atoms. The first-order chi connectivity index (χ1) is 13.3. The summed E-state index contributed by atoms with van der Waals surface area (Å²) >= 11 is 0. The summed E-state index contributed by atoms with van der Waals surface area (Å²) in [5, 5.41) is 36.2. The van der Waals surface area contributed by atoms with Gasteiger partial charge < -0.3 is 35.2 Å². The highest BCUT2D eigenvalue weighted by Gasteiger charge is 2.40. The first kappa shape index (κ1) is 23.7. The molecule has 0 radical (unpaired) electrons. The van der Waals surface area contributed by atoms with Gasteiger partial charge >= 0.3 is 24.0 Å². The maximum Gasteiger partial charge on any atom is 0.412 e. The van der Waals surface area contributed by atoms with Crippen molar-refractivity contribution in [2.45, 2.75) is 44.3 Å². The van der Waals surface area contributed by atoms with E-state index >= 15 is 0 Å². The summed E-state index contributed by atoms with van der Waals surface area (Å²) in [6, 6.07) is 5.58. The SMILES string of the molecule is CNC(=O)Oc1cccc2c1OC(C)(C)C2.O=C(O)CC(O)(CC(=O)O)C(=O)O. The zero-order valence-electron chi connectivity index (χ0n) is 16.1. The van der Waals surface area contributed by atoms with Crippen LogP contribution in [0.3, 0.4) is 0 Å². The van der Waals surface area contributed by atoms with Crippen molar-refractivity contribution >= 4 is 24.0 Å². The van der Waals surface area contributed by atoms with Crippen LogP contribution in [0.15, 0.2) is 18.2 Å². The van der Waals surface area contributed by atoms with Gasteiger partial charge in [0.2, 0.25) is 0 Å². The van der Waals surface area contributed by atoms with Crippen LogP contribution in [0.4, 0.5) is 4.79 Å². The number of nitrogens with one attached hydrogen (secondary N) is 1. The number of hydrogen-bond donors (Lipinski definition) is 5. The number of aliphatic hydroxyl groups is 1. The second-order valence-corrected chi connectivity index (χ2v) is 6.90. The minimum atomic E-state index is -2.74. The lowest BCUT2D eigenvalue weighted by atomic mass is 9.96. The lowest BCUT2D eigenvalue weighted by Crippen LogP contribution is -2.42. The van der Waals surface area contributed by atoms with Gasteiger partial charge in [-0.15, -0.1) is 0 Å². The zero-order chi connectivity index (χ0) is 22.4. The molecule has 1 aliphatic heterocycles. The molecule has 0 aliphatic carbocycles. The number of hydrogen-bond acceptors (Lipinski definition) is 7. The van der Waals surface area contributed by atoms with Gasteiger partial charge in [0.1, 0.15) is 5.60 Å². The number of aliphatic carboxylic acids is 3. The molecule has 0 fully saturated rings. The van der Waals surface area contributed by atoms with E-state index in [1.54, 1.807) is 6.07 Å². The van der Waals surface area contributed by atoms with E-state index in [-0.39, 0.29) is 5.60 Å². The Balaban J connectivity index is 0.000000298. The first-order valence-corrected chi connectivity index (χ1v) is 8.39. The summed E-state index contributed by atoms with van der Waals surface area (Å²) in [6.45, 7) is 4.02. The molecule has 11 nitrogen and oxygen atoms in total. The van der Waals surface area contributed by atoms with Gasteiger partial charge in [-0.3, -0.25) is 9.59 Å². The molecular formula is C18H23NO10. The normalized spacial score (nSPS) is 13.8. The van der Waals surface area contributed by atoms with E-state index in [1.807, 2.05) is 26.0 Å². The highest BCUT2D eigenvalue weighted by atomic mass is 16.6. The summed E-state index contributed by atoms with van der Waals surface area (Å²) in [4.78, 5) is 41.6. The number of ether oxygens (including phenoxy) is 2. The van der Waals surface area contributed by atoms with Crippen LogP contribution in [-0.4, -0.2) is 62.7 Å². The Bertz CT molecular complexity index is 786. The second kappa shape index (κ2) is 9.24. The summed E-state index contributed by atoms with van der Waals surface area (Å²) in [7, 11) is 1.52. The smallest absolute Gasteiger partial charge is 0.412 e. The number of carbonyl (C=O) groups is 4. The highest BCUT2D eigenvalue weighted by molar-refractivity contribution is 5.88. The molecule has 0 bridgehead atoms. The maximum atomic E-state index is 11.2. The van der Waals surface area contributed by atoms with Crippen molar-refractivity contribution in [3.05, 3.63) is 23.8 Å². The molecule has 0 saturated heterocycles. The minimum Gasteiger partial charge on any atom is -0.483 e. The lowest BCUT2D eigenvalue weighted by Gasteiger charge is -2.18. The van der Waals surface area contributed by atoms with E-state index in [1.165, 1.54) is 7.05 Å². The van der Waals surface area contributed by atoms with E-state index < -0.39 is 42.4 Å². The summed E-state index contributed by atoms with van der Waals surface area (Å²) < 4.78 is 10.9. The van der Waals surface area contributed by atoms with Crippen LogP contribution >= 0.6 is 0 Å². The van der Waals surface area contributed by atoms with Crippen molar-refractivity contribution < 1.29 is 49.1 Å². The van der Waals surface area contributed by atoms with E-state index in [2.05, 4.69) is 5.32 Å². The summed E-state index contributed by atoms with van der Waals surface area (Å²) in [5.74, 6) is -3.87. The molecule has 160 valence electrons. The fraction of sp³-hybridized carbons (Fsp3) is 0.444. The number of carbonyl (C=O) groups excluding carboxylic acids is 1. The molecule has 0 saturated carbocycles. The van der Waals surface area contributed by atoms with Gasteiger partial charge in [0.05, 0.1) is 12.8 Å². The van der Waals surface area contributed by atoms with Crippen LogP contribution in [0.2, 0.25) is 0 Å². The summed E-state index contributed by atoms with van der Waals surface area (Å²) in [6.07, 6.45) is -1.95. The Morgan fingerprint density at radius 3 is 2.14 bits per heavy atom. The van der Waals surface area contributed by atoms with Gasteiger partial charge in [-0.1, -0.05) is 12.1 Å². The number of fused-ring (bicyclic) bond motifs is 1. The number of amides is 1. The van der Waals surface area contributed by atoms with Crippen molar-refractivity contribution in [3.63, 3.8) is 0 Å². The van der Waals surface area contributed by atoms with Crippen LogP contribution in [0, 0.1) is 0 Å². The van der Waals surface area contributed by atoms with Crippen molar-refractivity contribution in [1.82, 2.24) is 5.32 Å². The van der Waals surface area contributed by atoms with E-state index in [0.717, 1.165) is 12.0 Å². The number of para-hydroxylation sites is 1. The van der Waals surface area contributed by atoms with Gasteiger partial charge in [-0.2, -0.15) is 0 Å². The molecule has 1 aromatic carbocycles. The van der Waals surface area contributed by atoms with Crippen LogP contribution in [0.5, 0.6) is 11.5 Å². The van der Waals surface area contributed by atoms with Crippen LogP contribution in [0.25, 0.3) is 0 Å². The minimum absolute atomic E-state index is 0.232. The molecule has 0 aromatic heterocycles. The average molecular weight is 413 g/mol. The van der Waals surface area contributed by atoms with E-state index in [9.17, 15) is 19.2 Å². The number of carboxylic acids is 3.